The normalized spacial score (nSPS) is 14.8. The van der Waals surface area contributed by atoms with Crippen LogP contribution in [0.25, 0.3) is 0 Å². The molecule has 2 heterocycles. The molecule has 0 fully saturated rings. The molecule has 1 unspecified atom stereocenters. The van der Waals surface area contributed by atoms with Crippen molar-refractivity contribution in [3.63, 3.8) is 0 Å². The Morgan fingerprint density at radius 2 is 2.03 bits per heavy atom. The maximum atomic E-state index is 12.3. The highest BCUT2D eigenvalue weighted by atomic mass is 32.2. The Bertz CT molecular complexity index is 917. The molecule has 9 heteroatoms. The number of fused-ring (bicyclic) bond motifs is 1. The summed E-state index contributed by atoms with van der Waals surface area (Å²) >= 11 is 1.56. The van der Waals surface area contributed by atoms with Gasteiger partial charge in [-0.25, -0.2) is 4.79 Å². The number of rotatable bonds is 5. The van der Waals surface area contributed by atoms with Gasteiger partial charge in [0, 0.05) is 11.3 Å². The number of nitrogens with zero attached hydrogens (tertiary/aromatic N) is 4. The van der Waals surface area contributed by atoms with Crippen LogP contribution in [-0.4, -0.2) is 45.1 Å². The second-order valence-electron chi connectivity index (χ2n) is 8.09. The topological polar surface area (TPSA) is 90.6 Å². The van der Waals surface area contributed by atoms with Crippen molar-refractivity contribution in [2.24, 2.45) is 11.0 Å². The average molecular weight is 418 g/mol. The molecule has 1 amide bonds. The van der Waals surface area contributed by atoms with Crippen LogP contribution in [0.3, 0.4) is 0 Å². The number of alkyl carbamates (subject to hydrolysis) is 1. The maximum Gasteiger partial charge on any atom is 0.408 e. The Hall–Kier alpha value is -2.55. The molecule has 2 aromatic rings. The third-order valence-corrected chi connectivity index (χ3v) is 5.15. The Morgan fingerprint density at radius 1 is 1.28 bits per heavy atom. The van der Waals surface area contributed by atoms with Crippen LogP contribution in [0.5, 0.6) is 5.75 Å². The Kier molecular flexibility index (Phi) is 6.16. The summed E-state index contributed by atoms with van der Waals surface area (Å²) in [7, 11) is 1.64. The number of carbonyl (C=O) groups is 1. The zero-order valence-electron chi connectivity index (χ0n) is 17.6. The molecule has 0 saturated carbocycles. The number of carbonyl (C=O) groups excluding carboxylic acids is 1. The van der Waals surface area contributed by atoms with E-state index in [2.05, 4.69) is 15.5 Å². The highest BCUT2D eigenvalue weighted by molar-refractivity contribution is 7.99. The lowest BCUT2D eigenvalue weighted by atomic mass is 10.0. The van der Waals surface area contributed by atoms with Gasteiger partial charge in [0.2, 0.25) is 5.16 Å². The van der Waals surface area contributed by atoms with Crippen molar-refractivity contribution in [3.8, 4) is 5.75 Å². The molecule has 0 bridgehead atoms. The predicted molar refractivity (Wildman–Crippen MR) is 113 cm³/mol. The van der Waals surface area contributed by atoms with Crippen LogP contribution in [0.4, 0.5) is 4.79 Å². The van der Waals surface area contributed by atoms with Crippen molar-refractivity contribution in [3.05, 3.63) is 35.7 Å². The van der Waals surface area contributed by atoms with Gasteiger partial charge in [-0.2, -0.15) is 9.78 Å². The van der Waals surface area contributed by atoms with Crippen LogP contribution in [-0.2, 0) is 4.74 Å². The number of aromatic nitrogens is 3. The molecular formula is C20H27N5O3S. The number of ether oxygens (including phenoxy) is 2. The first-order valence-electron chi connectivity index (χ1n) is 9.48. The fourth-order valence-corrected chi connectivity index (χ4v) is 3.69. The zero-order chi connectivity index (χ0) is 21.2. The maximum absolute atomic E-state index is 12.3. The second kappa shape index (κ2) is 8.44. The molecule has 0 aliphatic carbocycles. The smallest absolute Gasteiger partial charge is 0.408 e. The van der Waals surface area contributed by atoms with Crippen LogP contribution in [0.15, 0.2) is 34.5 Å². The van der Waals surface area contributed by atoms with Gasteiger partial charge < -0.3 is 14.8 Å². The van der Waals surface area contributed by atoms with E-state index in [9.17, 15) is 4.79 Å². The zero-order valence-corrected chi connectivity index (χ0v) is 18.4. The van der Waals surface area contributed by atoms with E-state index in [1.54, 1.807) is 23.5 Å². The van der Waals surface area contributed by atoms with Crippen molar-refractivity contribution in [2.45, 2.75) is 51.4 Å². The van der Waals surface area contributed by atoms with Crippen molar-refractivity contribution >= 4 is 23.6 Å². The van der Waals surface area contributed by atoms with Crippen molar-refractivity contribution in [1.82, 2.24) is 20.2 Å². The number of methoxy groups -OCH3 is 1. The fraction of sp³-hybridized carbons (Fsp3) is 0.500. The summed E-state index contributed by atoms with van der Waals surface area (Å²) in [4.78, 5) is 12.3. The van der Waals surface area contributed by atoms with Crippen LogP contribution in [0.2, 0.25) is 0 Å². The Labute approximate surface area is 175 Å². The van der Waals surface area contributed by atoms with Gasteiger partial charge in [-0.1, -0.05) is 37.7 Å². The minimum Gasteiger partial charge on any atom is -0.497 e. The van der Waals surface area contributed by atoms with Crippen LogP contribution in [0, 0.1) is 5.92 Å². The summed E-state index contributed by atoms with van der Waals surface area (Å²) in [5, 5.41) is 17.0. The van der Waals surface area contributed by atoms with E-state index < -0.39 is 11.7 Å². The van der Waals surface area contributed by atoms with E-state index in [0.717, 1.165) is 17.0 Å². The van der Waals surface area contributed by atoms with E-state index in [-0.39, 0.29) is 12.0 Å². The van der Waals surface area contributed by atoms with Gasteiger partial charge >= 0.3 is 6.09 Å². The fourth-order valence-electron chi connectivity index (χ4n) is 2.84. The number of thioether (sulfide) groups is 1. The van der Waals surface area contributed by atoms with Gasteiger partial charge in [0.1, 0.15) is 11.4 Å². The highest BCUT2D eigenvalue weighted by Gasteiger charge is 2.30. The van der Waals surface area contributed by atoms with Gasteiger partial charge in [-0.05, 0) is 38.8 Å². The minimum atomic E-state index is -0.580. The first-order valence-corrected chi connectivity index (χ1v) is 10.5. The second-order valence-corrected chi connectivity index (χ2v) is 9.03. The molecule has 0 radical (unpaired) electrons. The lowest BCUT2D eigenvalue weighted by molar-refractivity contribution is 0.0485. The quantitative estimate of drug-likeness (QED) is 0.794. The number of hydrogen-bond donors (Lipinski definition) is 1. The molecule has 0 saturated heterocycles. The molecular weight excluding hydrogens is 390 g/mol. The monoisotopic (exact) mass is 417 g/mol. The van der Waals surface area contributed by atoms with Crippen molar-refractivity contribution in [1.29, 1.82) is 0 Å². The molecule has 3 rings (SSSR count). The molecule has 156 valence electrons. The van der Waals surface area contributed by atoms with E-state index in [0.29, 0.717) is 16.7 Å². The lowest BCUT2D eigenvalue weighted by Crippen LogP contribution is -2.38. The molecule has 1 aliphatic rings. The Morgan fingerprint density at radius 3 is 2.69 bits per heavy atom. The third kappa shape index (κ3) is 5.09. The summed E-state index contributed by atoms with van der Waals surface area (Å²) in [6.45, 7) is 9.50. The molecule has 1 atom stereocenters. The van der Waals surface area contributed by atoms with Crippen LogP contribution >= 0.6 is 11.8 Å². The molecule has 1 aromatic heterocycles. The van der Waals surface area contributed by atoms with Crippen LogP contribution in [0.1, 0.15) is 52.0 Å². The first-order chi connectivity index (χ1) is 13.7. The van der Waals surface area contributed by atoms with Crippen LogP contribution < -0.4 is 10.1 Å². The van der Waals surface area contributed by atoms with E-state index in [1.165, 1.54) is 0 Å². The molecule has 29 heavy (non-hydrogen) atoms. The van der Waals surface area contributed by atoms with Gasteiger partial charge in [0.15, 0.2) is 5.82 Å². The number of hydrogen-bond acceptors (Lipinski definition) is 7. The molecule has 1 aliphatic heterocycles. The van der Waals surface area contributed by atoms with Gasteiger partial charge in [0.25, 0.3) is 0 Å². The first kappa shape index (κ1) is 21.2. The lowest BCUT2D eigenvalue weighted by Gasteiger charge is -2.25. The van der Waals surface area contributed by atoms with Gasteiger partial charge in [-0.15, -0.1) is 10.2 Å². The largest absolute Gasteiger partial charge is 0.497 e. The summed E-state index contributed by atoms with van der Waals surface area (Å²) in [6, 6.07) is 7.39. The van der Waals surface area contributed by atoms with Gasteiger partial charge in [0.05, 0.1) is 18.9 Å². The van der Waals surface area contributed by atoms with Gasteiger partial charge in [-0.3, -0.25) is 0 Å². The van der Waals surface area contributed by atoms with E-state index in [4.69, 9.17) is 14.6 Å². The third-order valence-electron chi connectivity index (χ3n) is 4.21. The molecule has 1 N–H and O–H groups in total. The Balaban J connectivity index is 1.92. The summed E-state index contributed by atoms with van der Waals surface area (Å²) in [6.07, 6.45) is -0.492. The number of nitrogens with one attached hydrogen (secondary N) is 1. The molecule has 0 spiro atoms. The molecule has 1 aromatic carbocycles. The highest BCUT2D eigenvalue weighted by Crippen LogP contribution is 2.29. The van der Waals surface area contributed by atoms with Crippen molar-refractivity contribution in [2.75, 3.05) is 12.9 Å². The number of amides is 1. The summed E-state index contributed by atoms with van der Waals surface area (Å²) in [5.41, 5.74) is 1.29. The SMILES string of the molecule is COc1cccc(C2=Nn3c(nnc3C(NC(=O)OC(C)(C)C)C(C)C)SC2)c1. The standard InChI is InChI=1S/C20H27N5O3S/c1-12(2)16(21-19(26)28-20(3,4)5)17-22-23-18-25(17)24-15(11-29-18)13-8-7-9-14(10-13)27-6/h7-10,12,16H,11H2,1-6H3,(H,21,26). The summed E-state index contributed by atoms with van der Waals surface area (Å²) < 4.78 is 12.4. The average Bonchev–Trinajstić information content (AvgIpc) is 3.07. The van der Waals surface area contributed by atoms with Crippen molar-refractivity contribution < 1.29 is 14.3 Å². The predicted octanol–water partition coefficient (Wildman–Crippen LogP) is 3.87. The van der Waals surface area contributed by atoms with E-state index in [1.807, 2.05) is 58.9 Å². The van der Waals surface area contributed by atoms with E-state index >= 15 is 0 Å². The minimum absolute atomic E-state index is 0.0678. The number of benzene rings is 1. The summed E-state index contributed by atoms with van der Waals surface area (Å²) in [5.74, 6) is 2.10. The molecule has 8 nitrogen and oxygen atoms in total.